The van der Waals surface area contributed by atoms with Gasteiger partial charge in [-0.2, -0.15) is 5.10 Å². The Bertz CT molecular complexity index is 1930. The van der Waals surface area contributed by atoms with Crippen LogP contribution in [0.1, 0.15) is 33.1 Å². The summed E-state index contributed by atoms with van der Waals surface area (Å²) in [4.78, 5) is 58.6. The number of aromatic nitrogens is 4. The first-order chi connectivity index (χ1) is 24.3. The molecule has 4 heterocycles. The maximum absolute atomic E-state index is 13.3. The molecule has 3 amide bonds. The summed E-state index contributed by atoms with van der Waals surface area (Å²) < 4.78 is 3.95. The molecule has 51 heavy (non-hydrogen) atoms. The molecule has 2 aromatic carbocycles. The van der Waals surface area contributed by atoms with E-state index in [1.54, 1.807) is 47.1 Å². The minimum atomic E-state index is -0.964. The topological polar surface area (TPSA) is 143 Å². The summed E-state index contributed by atoms with van der Waals surface area (Å²) in [6.45, 7) is 5.32. The Hall–Kier alpha value is -4.72. The third-order valence-electron chi connectivity index (χ3n) is 9.41. The Morgan fingerprint density at radius 2 is 1.63 bits per heavy atom. The molecule has 0 saturated carbocycles. The first-order valence-corrected chi connectivity index (χ1v) is 17.7. The summed E-state index contributed by atoms with van der Waals surface area (Å²) in [5.74, 6) is -1.20. The van der Waals surface area contributed by atoms with E-state index < -0.39 is 11.9 Å². The maximum Gasteiger partial charge on any atom is 0.325 e. The summed E-state index contributed by atoms with van der Waals surface area (Å²) in [6.07, 6.45) is 5.70. The van der Waals surface area contributed by atoms with Gasteiger partial charge in [-0.3, -0.25) is 23.9 Å². The molecule has 2 fully saturated rings. The van der Waals surface area contributed by atoms with Crippen molar-refractivity contribution in [2.45, 2.75) is 19.9 Å². The molecular weight excluding hydrogens is 695 g/mol. The number of halogens is 2. The Morgan fingerprint density at radius 3 is 2.24 bits per heavy atom. The van der Waals surface area contributed by atoms with E-state index >= 15 is 0 Å². The number of nitrogens with zero attached hydrogens (tertiary/aromatic N) is 7. The molecule has 2 aliphatic rings. The van der Waals surface area contributed by atoms with Gasteiger partial charge in [0.15, 0.2) is 5.82 Å². The number of quaternary nitrogens is 1. The highest BCUT2D eigenvalue weighted by molar-refractivity contribution is 6.34. The standard InChI is InChI=1S/C35H39ClN8O5.CH3Cl/c1-22-28(19-43(39-22)20-31(45)46)23-5-7-24(8-6-23)30-18-37-32(40(30)2)33(47)38-26-9-10-27(29(36)17-26)35(49)42-14-12-41(13-15-42)34(48)25-11-16-44(3,4)21-25;1-2/h5-10,17-19,25H,11-16,20-21H2,1-4H3,(H-,38,45,46,47,49);1H3/p+1. The van der Waals surface area contributed by atoms with Gasteiger partial charge in [-0.15, -0.1) is 11.6 Å². The van der Waals surface area contributed by atoms with Crippen LogP contribution in [0.3, 0.4) is 0 Å². The molecule has 13 nitrogen and oxygen atoms in total. The quantitative estimate of drug-likeness (QED) is 0.201. The molecule has 2 saturated heterocycles. The number of carboxylic acids is 1. The molecule has 2 N–H and O–H groups in total. The van der Waals surface area contributed by atoms with E-state index in [-0.39, 0.29) is 35.1 Å². The number of benzene rings is 2. The van der Waals surface area contributed by atoms with Gasteiger partial charge in [0.25, 0.3) is 11.8 Å². The Kier molecular flexibility index (Phi) is 11.5. The third-order valence-corrected chi connectivity index (χ3v) is 9.72. The summed E-state index contributed by atoms with van der Waals surface area (Å²) in [6, 6.07) is 12.4. The molecule has 1 unspecified atom stereocenters. The first kappa shape index (κ1) is 37.5. The second-order valence-electron chi connectivity index (χ2n) is 13.4. The SMILES string of the molecule is CCl.Cc1nn(CC(=O)O)cc1-c1ccc(-c2cnc(C(=O)Nc3ccc(C(=O)N4CCN(C(=O)C5CC[N+](C)(C)C5)CC4)c(Cl)c3)n2C)cc1. The number of aliphatic carboxylic acids is 1. The van der Waals surface area contributed by atoms with Crippen molar-refractivity contribution in [2.75, 3.05) is 65.1 Å². The van der Waals surface area contributed by atoms with E-state index in [1.807, 2.05) is 36.1 Å². The van der Waals surface area contributed by atoms with Crippen LogP contribution in [0.2, 0.25) is 5.02 Å². The van der Waals surface area contributed by atoms with Crippen LogP contribution in [0.15, 0.2) is 54.9 Å². The fourth-order valence-electron chi connectivity index (χ4n) is 6.73. The van der Waals surface area contributed by atoms with Gasteiger partial charge in [-0.25, -0.2) is 4.98 Å². The van der Waals surface area contributed by atoms with Gasteiger partial charge in [0.2, 0.25) is 5.91 Å². The lowest BCUT2D eigenvalue weighted by atomic mass is 10.0. The fraction of sp³-hybridized carbons (Fsp3) is 0.389. The highest BCUT2D eigenvalue weighted by Gasteiger charge is 2.38. The van der Waals surface area contributed by atoms with E-state index in [9.17, 15) is 19.2 Å². The lowest BCUT2D eigenvalue weighted by Crippen LogP contribution is -2.52. The Labute approximate surface area is 306 Å². The molecule has 0 radical (unpaired) electrons. The molecule has 6 rings (SSSR count). The number of carboxylic acid groups (broad SMARTS) is 1. The van der Waals surface area contributed by atoms with Crippen molar-refractivity contribution in [3.63, 3.8) is 0 Å². The molecule has 2 aliphatic heterocycles. The monoisotopic (exact) mass is 737 g/mol. The number of amides is 3. The maximum atomic E-state index is 13.3. The summed E-state index contributed by atoms with van der Waals surface area (Å²) in [5, 5.41) is 16.4. The van der Waals surface area contributed by atoms with Gasteiger partial charge in [0, 0.05) is 63.5 Å². The van der Waals surface area contributed by atoms with Gasteiger partial charge in [-0.05, 0) is 36.2 Å². The average molecular weight is 739 g/mol. The van der Waals surface area contributed by atoms with Crippen molar-refractivity contribution < 1.29 is 28.8 Å². The van der Waals surface area contributed by atoms with E-state index in [0.717, 1.165) is 52.1 Å². The zero-order valence-corrected chi connectivity index (χ0v) is 30.9. The normalized spacial score (nSPS) is 16.7. The predicted molar refractivity (Wildman–Crippen MR) is 196 cm³/mol. The van der Waals surface area contributed by atoms with Gasteiger partial charge < -0.3 is 29.3 Å². The minimum Gasteiger partial charge on any atom is -0.480 e. The summed E-state index contributed by atoms with van der Waals surface area (Å²) in [7, 11) is 6.05. The van der Waals surface area contributed by atoms with Gasteiger partial charge in [-0.1, -0.05) is 35.9 Å². The van der Waals surface area contributed by atoms with Gasteiger partial charge >= 0.3 is 5.97 Å². The lowest BCUT2D eigenvalue weighted by Gasteiger charge is -2.36. The number of carbonyl (C=O) groups is 4. The largest absolute Gasteiger partial charge is 0.480 e. The number of nitrogens with one attached hydrogen (secondary N) is 1. The van der Waals surface area contributed by atoms with Crippen LogP contribution in [0.5, 0.6) is 0 Å². The number of hydrogen-bond donors (Lipinski definition) is 2. The number of carbonyl (C=O) groups excluding carboxylic acids is 3. The number of alkyl halides is 1. The Balaban J connectivity index is 0.00000248. The highest BCUT2D eigenvalue weighted by Crippen LogP contribution is 2.28. The molecule has 0 bridgehead atoms. The second-order valence-corrected chi connectivity index (χ2v) is 13.8. The van der Waals surface area contributed by atoms with Crippen molar-refractivity contribution >= 4 is 52.6 Å². The van der Waals surface area contributed by atoms with Crippen molar-refractivity contribution in [1.29, 1.82) is 0 Å². The van der Waals surface area contributed by atoms with Crippen molar-refractivity contribution in [1.82, 2.24) is 29.1 Å². The fourth-order valence-corrected chi connectivity index (χ4v) is 6.99. The zero-order chi connectivity index (χ0) is 37.0. The van der Waals surface area contributed by atoms with E-state index in [2.05, 4.69) is 41.1 Å². The summed E-state index contributed by atoms with van der Waals surface area (Å²) >= 11 is 11.2. The van der Waals surface area contributed by atoms with Crippen molar-refractivity contribution in [3.05, 3.63) is 77.0 Å². The van der Waals surface area contributed by atoms with E-state index in [0.29, 0.717) is 37.4 Å². The number of aryl methyl sites for hydroxylation is 1. The third kappa shape index (κ3) is 8.43. The van der Waals surface area contributed by atoms with Crippen LogP contribution in [0, 0.1) is 12.8 Å². The van der Waals surface area contributed by atoms with Crippen molar-refractivity contribution in [3.8, 4) is 22.4 Å². The van der Waals surface area contributed by atoms with Crippen LogP contribution < -0.4 is 5.32 Å². The number of likely N-dealkylation sites (tertiary alicyclic amines) is 1. The molecular formula is C36H43Cl2N8O5+. The number of hydrogen-bond acceptors (Lipinski definition) is 6. The van der Waals surface area contributed by atoms with Crippen LogP contribution in [0.25, 0.3) is 22.4 Å². The first-order valence-electron chi connectivity index (χ1n) is 16.6. The summed E-state index contributed by atoms with van der Waals surface area (Å²) in [5.41, 5.74) is 4.76. The van der Waals surface area contributed by atoms with Crippen molar-refractivity contribution in [2.24, 2.45) is 13.0 Å². The van der Waals surface area contributed by atoms with Crippen LogP contribution in [-0.4, -0.2) is 122 Å². The predicted octanol–water partition coefficient (Wildman–Crippen LogP) is 4.49. The molecule has 15 heteroatoms. The molecule has 2 aromatic heterocycles. The van der Waals surface area contributed by atoms with Gasteiger partial charge in [0.1, 0.15) is 6.54 Å². The van der Waals surface area contributed by atoms with Gasteiger partial charge in [0.05, 0.1) is 61.3 Å². The van der Waals surface area contributed by atoms with Crippen LogP contribution in [-0.2, 0) is 23.2 Å². The van der Waals surface area contributed by atoms with E-state index in [1.165, 1.54) is 11.1 Å². The average Bonchev–Trinajstić information content (AvgIpc) is 3.80. The number of anilines is 1. The zero-order valence-electron chi connectivity index (χ0n) is 29.4. The smallest absolute Gasteiger partial charge is 0.325 e. The number of imidazole rings is 1. The molecule has 1 atom stereocenters. The number of rotatable bonds is 8. The molecule has 4 aromatic rings. The second kappa shape index (κ2) is 15.7. The Morgan fingerprint density at radius 1 is 0.980 bits per heavy atom. The van der Waals surface area contributed by atoms with Crippen LogP contribution >= 0.6 is 23.2 Å². The lowest BCUT2D eigenvalue weighted by molar-refractivity contribution is -0.878. The molecule has 0 aliphatic carbocycles. The molecule has 0 spiro atoms. The molecule has 270 valence electrons. The highest BCUT2D eigenvalue weighted by atomic mass is 35.5. The number of piperazine rings is 1. The van der Waals surface area contributed by atoms with Crippen LogP contribution in [0.4, 0.5) is 5.69 Å². The van der Waals surface area contributed by atoms with E-state index in [4.69, 9.17) is 16.7 Å². The minimum absolute atomic E-state index is 0.0412.